The van der Waals surface area contributed by atoms with Crippen LogP contribution in [0.25, 0.3) is 0 Å². The molecule has 1 aliphatic carbocycles. The smallest absolute Gasteiger partial charge is 0.212 e. The molecule has 0 unspecified atom stereocenters. The number of hydrogen-bond acceptors (Lipinski definition) is 4. The Kier molecular flexibility index (Phi) is 4.98. The number of hydrogen-bond donors (Lipinski definition) is 2. The van der Waals surface area contributed by atoms with E-state index < -0.39 is 10.0 Å². The van der Waals surface area contributed by atoms with E-state index in [1.54, 1.807) is 0 Å². The van der Waals surface area contributed by atoms with Crippen LogP contribution in [0, 0.1) is 0 Å². The number of nitrogens with one attached hydrogen (secondary N) is 2. The molecule has 5 nitrogen and oxygen atoms in total. The van der Waals surface area contributed by atoms with Crippen molar-refractivity contribution in [2.45, 2.75) is 31.9 Å². The highest BCUT2D eigenvalue weighted by molar-refractivity contribution is 7.89. The van der Waals surface area contributed by atoms with Crippen LogP contribution in [0.3, 0.4) is 0 Å². The lowest BCUT2D eigenvalue weighted by Crippen LogP contribution is -2.47. The van der Waals surface area contributed by atoms with Gasteiger partial charge >= 0.3 is 0 Å². The molecule has 0 saturated heterocycles. The van der Waals surface area contributed by atoms with Gasteiger partial charge in [0.05, 0.1) is 11.9 Å². The van der Waals surface area contributed by atoms with Gasteiger partial charge in [-0.2, -0.15) is 0 Å². The minimum atomic E-state index is -3.07. The summed E-state index contributed by atoms with van der Waals surface area (Å²) in [6, 6.07) is 0.425. The third-order valence-corrected chi connectivity index (χ3v) is 3.98. The third-order valence-electron chi connectivity index (χ3n) is 2.61. The maximum Gasteiger partial charge on any atom is 0.212 e. The van der Waals surface area contributed by atoms with E-state index in [4.69, 9.17) is 4.74 Å². The first-order valence-corrected chi connectivity index (χ1v) is 6.99. The Morgan fingerprint density at radius 2 is 2.07 bits per heavy atom. The molecule has 0 bridgehead atoms. The molecule has 0 heterocycles. The monoisotopic (exact) mass is 236 g/mol. The minimum Gasteiger partial charge on any atom is -0.378 e. The first-order chi connectivity index (χ1) is 7.07. The van der Waals surface area contributed by atoms with Gasteiger partial charge in [0, 0.05) is 19.2 Å². The molecule has 1 rings (SSSR count). The topological polar surface area (TPSA) is 67.4 Å². The Labute approximate surface area is 91.6 Å². The van der Waals surface area contributed by atoms with E-state index in [0.717, 1.165) is 19.4 Å². The molecule has 0 aromatic rings. The Hall–Kier alpha value is -0.170. The second-order valence-electron chi connectivity index (χ2n) is 3.72. The quantitative estimate of drug-likeness (QED) is 0.636. The van der Waals surface area contributed by atoms with Crippen molar-refractivity contribution in [2.24, 2.45) is 0 Å². The Morgan fingerprint density at radius 3 is 2.60 bits per heavy atom. The summed E-state index contributed by atoms with van der Waals surface area (Å²) in [6.45, 7) is 3.25. The maximum atomic E-state index is 11.1. The minimum absolute atomic E-state index is 0.138. The molecule has 1 aliphatic rings. The SMILES string of the molecule is CCOC1CC(NCCS(=O)(=O)NC)C1. The second kappa shape index (κ2) is 5.79. The predicted octanol–water partition coefficient (Wildman–Crippen LogP) is -0.307. The lowest BCUT2D eigenvalue weighted by Gasteiger charge is -2.35. The van der Waals surface area contributed by atoms with Gasteiger partial charge in [0.1, 0.15) is 0 Å². The predicted molar refractivity (Wildman–Crippen MR) is 59.3 cm³/mol. The van der Waals surface area contributed by atoms with E-state index in [1.165, 1.54) is 7.05 Å². The van der Waals surface area contributed by atoms with Crippen molar-refractivity contribution in [3.05, 3.63) is 0 Å². The highest BCUT2D eigenvalue weighted by Crippen LogP contribution is 2.22. The van der Waals surface area contributed by atoms with Crippen LogP contribution in [0.4, 0.5) is 0 Å². The van der Waals surface area contributed by atoms with Crippen LogP contribution in [0.5, 0.6) is 0 Å². The van der Waals surface area contributed by atoms with Crippen LogP contribution in [0.15, 0.2) is 0 Å². The molecule has 1 saturated carbocycles. The van der Waals surface area contributed by atoms with Crippen molar-refractivity contribution in [1.29, 1.82) is 0 Å². The molecule has 6 heteroatoms. The van der Waals surface area contributed by atoms with Gasteiger partial charge in [0.25, 0.3) is 0 Å². The fourth-order valence-electron chi connectivity index (χ4n) is 1.60. The zero-order chi connectivity index (χ0) is 11.3. The molecule has 0 aromatic heterocycles. The molecule has 0 aliphatic heterocycles. The maximum absolute atomic E-state index is 11.1. The molecule has 0 amide bonds. The fourth-order valence-corrected chi connectivity index (χ4v) is 2.19. The highest BCUT2D eigenvalue weighted by Gasteiger charge is 2.28. The summed E-state index contributed by atoms with van der Waals surface area (Å²) in [7, 11) is -1.63. The first-order valence-electron chi connectivity index (χ1n) is 5.33. The molecule has 15 heavy (non-hydrogen) atoms. The average Bonchev–Trinajstić information content (AvgIpc) is 2.14. The van der Waals surface area contributed by atoms with E-state index in [1.807, 2.05) is 6.92 Å². The van der Waals surface area contributed by atoms with Gasteiger partial charge in [-0.25, -0.2) is 13.1 Å². The summed E-state index contributed by atoms with van der Waals surface area (Å²) in [5.74, 6) is 0.138. The number of sulfonamides is 1. The molecular weight excluding hydrogens is 216 g/mol. The first kappa shape index (κ1) is 12.9. The van der Waals surface area contributed by atoms with Crippen LogP contribution in [0.2, 0.25) is 0 Å². The van der Waals surface area contributed by atoms with Crippen LogP contribution in [-0.2, 0) is 14.8 Å². The van der Waals surface area contributed by atoms with Gasteiger partial charge < -0.3 is 10.1 Å². The highest BCUT2D eigenvalue weighted by atomic mass is 32.2. The van der Waals surface area contributed by atoms with E-state index >= 15 is 0 Å². The van der Waals surface area contributed by atoms with Crippen LogP contribution >= 0.6 is 0 Å². The van der Waals surface area contributed by atoms with Crippen molar-refractivity contribution < 1.29 is 13.2 Å². The molecule has 1 fully saturated rings. The largest absolute Gasteiger partial charge is 0.378 e. The van der Waals surface area contributed by atoms with E-state index in [-0.39, 0.29) is 5.75 Å². The summed E-state index contributed by atoms with van der Waals surface area (Å²) in [5.41, 5.74) is 0. The van der Waals surface area contributed by atoms with Crippen molar-refractivity contribution in [1.82, 2.24) is 10.0 Å². The van der Waals surface area contributed by atoms with E-state index in [2.05, 4.69) is 10.0 Å². The summed E-state index contributed by atoms with van der Waals surface area (Å²) in [6.07, 6.45) is 2.36. The lowest BCUT2D eigenvalue weighted by atomic mass is 9.89. The number of ether oxygens (including phenoxy) is 1. The van der Waals surface area contributed by atoms with Crippen LogP contribution < -0.4 is 10.0 Å². The average molecular weight is 236 g/mol. The van der Waals surface area contributed by atoms with Gasteiger partial charge in [-0.3, -0.25) is 0 Å². The van der Waals surface area contributed by atoms with Crippen molar-refractivity contribution >= 4 is 10.0 Å². The summed E-state index contributed by atoms with van der Waals surface area (Å²) in [4.78, 5) is 0. The summed E-state index contributed by atoms with van der Waals surface area (Å²) < 4.78 is 29.8. The molecule has 0 spiro atoms. The zero-order valence-corrected chi connectivity index (χ0v) is 10.1. The van der Waals surface area contributed by atoms with Crippen LogP contribution in [-0.4, -0.2) is 46.5 Å². The molecule has 0 aromatic carbocycles. The number of rotatable bonds is 7. The standard InChI is InChI=1S/C9H20N2O3S/c1-3-14-9-6-8(7-9)11-4-5-15(12,13)10-2/h8-11H,3-7H2,1-2H3. The fraction of sp³-hybridized carbons (Fsp3) is 1.00. The normalized spacial score (nSPS) is 26.3. The Bertz CT molecular complexity index is 273. The van der Waals surface area contributed by atoms with Gasteiger partial charge in [0.2, 0.25) is 10.0 Å². The van der Waals surface area contributed by atoms with Gasteiger partial charge in [-0.05, 0) is 26.8 Å². The molecule has 0 radical (unpaired) electrons. The molecule has 90 valence electrons. The Balaban J connectivity index is 2.04. The van der Waals surface area contributed by atoms with Crippen LogP contribution in [0.1, 0.15) is 19.8 Å². The van der Waals surface area contributed by atoms with Crippen molar-refractivity contribution in [3.8, 4) is 0 Å². The van der Waals surface area contributed by atoms with Crippen molar-refractivity contribution in [3.63, 3.8) is 0 Å². The Morgan fingerprint density at radius 1 is 1.40 bits per heavy atom. The summed E-state index contributed by atoms with van der Waals surface area (Å²) >= 11 is 0. The van der Waals surface area contributed by atoms with Gasteiger partial charge in [-0.15, -0.1) is 0 Å². The summed E-state index contributed by atoms with van der Waals surface area (Å²) in [5, 5.41) is 3.20. The van der Waals surface area contributed by atoms with E-state index in [0.29, 0.717) is 18.7 Å². The second-order valence-corrected chi connectivity index (χ2v) is 5.77. The van der Waals surface area contributed by atoms with E-state index in [9.17, 15) is 8.42 Å². The lowest BCUT2D eigenvalue weighted by molar-refractivity contribution is -0.00930. The molecular formula is C9H20N2O3S. The van der Waals surface area contributed by atoms with Gasteiger partial charge in [-0.1, -0.05) is 0 Å². The van der Waals surface area contributed by atoms with Gasteiger partial charge in [0.15, 0.2) is 0 Å². The molecule has 0 atom stereocenters. The third kappa shape index (κ3) is 4.46. The molecule has 2 N–H and O–H groups in total. The zero-order valence-electron chi connectivity index (χ0n) is 9.32. The van der Waals surface area contributed by atoms with Crippen molar-refractivity contribution in [2.75, 3.05) is 26.0 Å².